The third kappa shape index (κ3) is 2.75. The Hall–Kier alpha value is -1.16. The van der Waals surface area contributed by atoms with Gasteiger partial charge in [0.1, 0.15) is 0 Å². The zero-order valence-corrected chi connectivity index (χ0v) is 11.7. The van der Waals surface area contributed by atoms with Gasteiger partial charge in [-0.15, -0.1) is 0 Å². The monoisotopic (exact) mass is 249 g/mol. The van der Waals surface area contributed by atoms with Gasteiger partial charge < -0.3 is 9.55 Å². The highest BCUT2D eigenvalue weighted by atomic mass is 32.1. The number of hydrogen-bond acceptors (Lipinski definition) is 2. The molecule has 2 aromatic heterocycles. The van der Waals surface area contributed by atoms with Crippen LogP contribution in [0.15, 0.2) is 12.3 Å². The van der Waals surface area contributed by atoms with Gasteiger partial charge in [-0.1, -0.05) is 20.8 Å². The lowest BCUT2D eigenvalue weighted by molar-refractivity contribution is 0.351. The highest BCUT2D eigenvalue weighted by Crippen LogP contribution is 2.21. The van der Waals surface area contributed by atoms with Crippen molar-refractivity contribution in [2.45, 2.75) is 40.7 Å². The Morgan fingerprint density at radius 1 is 1.41 bits per heavy atom. The minimum Gasteiger partial charge on any atom is -0.329 e. The first-order chi connectivity index (χ1) is 7.87. The van der Waals surface area contributed by atoms with E-state index in [1.165, 1.54) is 0 Å². The molecule has 0 saturated carbocycles. The van der Waals surface area contributed by atoms with Crippen LogP contribution in [0.1, 0.15) is 32.8 Å². The molecule has 0 spiro atoms. The number of fused-ring (bicyclic) bond motifs is 1. The summed E-state index contributed by atoms with van der Waals surface area (Å²) in [4.78, 5) is 7.69. The molecule has 0 aliphatic heterocycles. The van der Waals surface area contributed by atoms with Crippen LogP contribution in [-0.2, 0) is 6.54 Å². The maximum Gasteiger partial charge on any atom is 0.179 e. The van der Waals surface area contributed by atoms with E-state index in [0.717, 1.165) is 34.5 Å². The molecular weight excluding hydrogens is 230 g/mol. The molecule has 1 N–H and O–H groups in total. The molecule has 2 heterocycles. The van der Waals surface area contributed by atoms with Crippen molar-refractivity contribution >= 4 is 23.4 Å². The van der Waals surface area contributed by atoms with E-state index in [0.29, 0.717) is 5.41 Å². The molecule has 0 aromatic carbocycles. The van der Waals surface area contributed by atoms with Crippen LogP contribution >= 0.6 is 12.2 Å². The molecule has 0 aliphatic carbocycles. The molecule has 0 unspecified atom stereocenters. The molecule has 0 aliphatic rings. The quantitative estimate of drug-likeness (QED) is 0.820. The number of nitrogens with zero attached hydrogens (tertiary/aromatic N) is 2. The van der Waals surface area contributed by atoms with E-state index >= 15 is 0 Å². The van der Waals surface area contributed by atoms with Crippen molar-refractivity contribution in [3.05, 3.63) is 22.6 Å². The van der Waals surface area contributed by atoms with Crippen molar-refractivity contribution in [1.82, 2.24) is 14.5 Å². The van der Waals surface area contributed by atoms with Crippen LogP contribution in [0.25, 0.3) is 11.2 Å². The third-order valence-electron chi connectivity index (χ3n) is 2.83. The zero-order chi connectivity index (χ0) is 12.6. The van der Waals surface area contributed by atoms with Gasteiger partial charge in [0.25, 0.3) is 0 Å². The van der Waals surface area contributed by atoms with Gasteiger partial charge in [-0.25, -0.2) is 4.98 Å². The molecule has 3 nitrogen and oxygen atoms in total. The van der Waals surface area contributed by atoms with Gasteiger partial charge in [0.2, 0.25) is 0 Å². The van der Waals surface area contributed by atoms with Gasteiger partial charge in [-0.05, 0) is 42.6 Å². The van der Waals surface area contributed by atoms with Crippen LogP contribution in [0.3, 0.4) is 0 Å². The summed E-state index contributed by atoms with van der Waals surface area (Å²) in [5.41, 5.74) is 3.45. The molecule has 0 fully saturated rings. The number of nitrogens with one attached hydrogen (secondary N) is 1. The average Bonchev–Trinajstić information content (AvgIpc) is 2.48. The lowest BCUT2D eigenvalue weighted by atomic mass is 9.92. The van der Waals surface area contributed by atoms with Gasteiger partial charge in [0.15, 0.2) is 10.4 Å². The van der Waals surface area contributed by atoms with Gasteiger partial charge >= 0.3 is 0 Å². The van der Waals surface area contributed by atoms with Crippen molar-refractivity contribution in [3.8, 4) is 0 Å². The molecule has 0 saturated heterocycles. The summed E-state index contributed by atoms with van der Waals surface area (Å²) in [7, 11) is 0. The van der Waals surface area contributed by atoms with E-state index in [1.807, 2.05) is 13.1 Å². The minimum atomic E-state index is 0.309. The van der Waals surface area contributed by atoms with Crippen LogP contribution in [0, 0.1) is 17.1 Å². The van der Waals surface area contributed by atoms with Crippen molar-refractivity contribution in [2.75, 3.05) is 0 Å². The topological polar surface area (TPSA) is 33.6 Å². The first-order valence-electron chi connectivity index (χ1n) is 5.92. The summed E-state index contributed by atoms with van der Waals surface area (Å²) in [6.07, 6.45) is 2.97. The van der Waals surface area contributed by atoms with Crippen molar-refractivity contribution in [2.24, 2.45) is 5.41 Å². The van der Waals surface area contributed by atoms with E-state index in [-0.39, 0.29) is 0 Å². The van der Waals surface area contributed by atoms with Crippen molar-refractivity contribution in [3.63, 3.8) is 0 Å². The number of rotatable bonds is 2. The van der Waals surface area contributed by atoms with Crippen molar-refractivity contribution < 1.29 is 0 Å². The molecule has 0 bridgehead atoms. The van der Waals surface area contributed by atoms with Crippen LogP contribution < -0.4 is 0 Å². The van der Waals surface area contributed by atoms with Gasteiger partial charge in [-0.3, -0.25) is 0 Å². The van der Waals surface area contributed by atoms with E-state index in [4.69, 9.17) is 12.2 Å². The van der Waals surface area contributed by atoms with E-state index in [9.17, 15) is 0 Å². The summed E-state index contributed by atoms with van der Waals surface area (Å²) >= 11 is 5.35. The third-order valence-corrected chi connectivity index (χ3v) is 3.15. The summed E-state index contributed by atoms with van der Waals surface area (Å²) in [6.45, 7) is 9.67. The molecule has 0 radical (unpaired) electrons. The van der Waals surface area contributed by atoms with Crippen LogP contribution in [0.5, 0.6) is 0 Å². The second-order valence-corrected chi connectivity index (χ2v) is 6.16. The molecule has 4 heteroatoms. The number of hydrogen-bond donors (Lipinski definition) is 1. The number of H-pyrrole nitrogens is 1. The molecular formula is C13H19N3S. The lowest BCUT2D eigenvalue weighted by Crippen LogP contribution is -2.10. The van der Waals surface area contributed by atoms with E-state index in [2.05, 4.69) is 41.4 Å². The molecule has 2 rings (SSSR count). The maximum atomic E-state index is 5.35. The number of aromatic nitrogens is 3. The predicted molar refractivity (Wildman–Crippen MR) is 73.7 cm³/mol. The lowest BCUT2D eigenvalue weighted by Gasteiger charge is -2.18. The fourth-order valence-electron chi connectivity index (χ4n) is 1.80. The first-order valence-corrected chi connectivity index (χ1v) is 6.33. The Balaban J connectivity index is 2.40. The van der Waals surface area contributed by atoms with E-state index in [1.54, 1.807) is 0 Å². The molecule has 92 valence electrons. The summed E-state index contributed by atoms with van der Waals surface area (Å²) in [5.74, 6) is 0. The summed E-state index contributed by atoms with van der Waals surface area (Å²) in [5, 5.41) is 0. The normalized spacial score (nSPS) is 12.2. The van der Waals surface area contributed by atoms with Gasteiger partial charge in [-0.2, -0.15) is 0 Å². The maximum absolute atomic E-state index is 5.35. The Bertz CT molecular complexity index is 587. The molecule has 0 atom stereocenters. The standard InChI is InChI=1S/C13H19N3S/c1-9-7-10-11(14-8-9)16(12(17)15-10)6-5-13(2,3)4/h7-8H,5-6H2,1-4H3,(H,15,17). The number of imidazole rings is 1. The van der Waals surface area contributed by atoms with Crippen molar-refractivity contribution in [1.29, 1.82) is 0 Å². The summed E-state index contributed by atoms with van der Waals surface area (Å²) in [6, 6.07) is 2.09. The predicted octanol–water partition coefficient (Wildman–Crippen LogP) is 3.84. The Morgan fingerprint density at radius 3 is 2.76 bits per heavy atom. The number of aryl methyl sites for hydroxylation is 2. The fourth-order valence-corrected chi connectivity index (χ4v) is 2.09. The number of pyridine rings is 1. The average molecular weight is 249 g/mol. The van der Waals surface area contributed by atoms with Gasteiger partial charge in [0.05, 0.1) is 5.52 Å². The minimum absolute atomic E-state index is 0.309. The smallest absolute Gasteiger partial charge is 0.179 e. The Labute approximate surface area is 107 Å². The van der Waals surface area contributed by atoms with Crippen LogP contribution in [0.2, 0.25) is 0 Å². The Kier molecular flexibility index (Phi) is 3.08. The largest absolute Gasteiger partial charge is 0.329 e. The molecule has 0 amide bonds. The fraction of sp³-hybridized carbons (Fsp3) is 0.538. The highest BCUT2D eigenvalue weighted by Gasteiger charge is 2.12. The van der Waals surface area contributed by atoms with E-state index < -0.39 is 0 Å². The Morgan fingerprint density at radius 2 is 2.12 bits per heavy atom. The summed E-state index contributed by atoms with van der Waals surface area (Å²) < 4.78 is 2.86. The second kappa shape index (κ2) is 4.26. The SMILES string of the molecule is Cc1cnc2c(c1)[nH]c(=S)n2CCC(C)(C)C. The second-order valence-electron chi connectivity index (χ2n) is 5.78. The van der Waals surface area contributed by atoms with Crippen LogP contribution in [0.4, 0.5) is 0 Å². The number of aromatic amines is 1. The van der Waals surface area contributed by atoms with Gasteiger partial charge in [0, 0.05) is 12.7 Å². The molecule has 2 aromatic rings. The highest BCUT2D eigenvalue weighted by molar-refractivity contribution is 7.71. The molecule has 17 heavy (non-hydrogen) atoms. The first kappa shape index (κ1) is 12.3. The van der Waals surface area contributed by atoms with Crippen LogP contribution in [-0.4, -0.2) is 14.5 Å². The zero-order valence-electron chi connectivity index (χ0n) is 10.9.